The highest BCUT2D eigenvalue weighted by Crippen LogP contribution is 2.36. The first-order valence-electron chi connectivity index (χ1n) is 5.20. The highest BCUT2D eigenvalue weighted by Gasteiger charge is 2.14. The Balaban J connectivity index is 2.30. The summed E-state index contributed by atoms with van der Waals surface area (Å²) in [6, 6.07) is 8.91. The maximum Gasteiger partial charge on any atom is 0.258 e. The zero-order chi connectivity index (χ0) is 14.0. The molecule has 0 fully saturated rings. The van der Waals surface area contributed by atoms with Crippen LogP contribution in [0.2, 0.25) is 10.0 Å². The fraction of sp³-hybridized carbons (Fsp3) is 0. The Morgan fingerprint density at radius 2 is 1.79 bits per heavy atom. The van der Waals surface area contributed by atoms with Crippen LogP contribution in [0.1, 0.15) is 10.4 Å². The van der Waals surface area contributed by atoms with E-state index in [4.69, 9.17) is 23.2 Å². The summed E-state index contributed by atoms with van der Waals surface area (Å²) in [5.41, 5.74) is 0.265. The lowest BCUT2D eigenvalue weighted by Crippen LogP contribution is -2.14. The molecule has 0 saturated carbocycles. The lowest BCUT2D eigenvalue weighted by atomic mass is 10.2. The van der Waals surface area contributed by atoms with Gasteiger partial charge in [0.05, 0.1) is 21.3 Å². The fourth-order valence-electron chi connectivity index (χ4n) is 1.46. The number of halogens is 4. The van der Waals surface area contributed by atoms with E-state index in [0.717, 1.165) is 0 Å². The van der Waals surface area contributed by atoms with Crippen LogP contribution in [0.25, 0.3) is 0 Å². The van der Waals surface area contributed by atoms with Gasteiger partial charge < -0.3 is 5.32 Å². The number of hydrogen-bond donors (Lipinski definition) is 1. The van der Waals surface area contributed by atoms with Gasteiger partial charge in [-0.15, -0.1) is 0 Å². The second-order valence-corrected chi connectivity index (χ2v) is 5.27. The van der Waals surface area contributed by atoms with Crippen molar-refractivity contribution >= 4 is 50.7 Å². The Morgan fingerprint density at radius 1 is 1.11 bits per heavy atom. The number of benzene rings is 2. The second kappa shape index (κ2) is 5.90. The molecule has 1 N–H and O–H groups in total. The van der Waals surface area contributed by atoms with E-state index in [9.17, 15) is 9.18 Å². The molecule has 2 aromatic rings. The van der Waals surface area contributed by atoms with Gasteiger partial charge in [0, 0.05) is 4.47 Å². The summed E-state index contributed by atoms with van der Waals surface area (Å²) in [4.78, 5) is 11.9. The van der Waals surface area contributed by atoms with Gasteiger partial charge in [-0.25, -0.2) is 4.39 Å². The average Bonchev–Trinajstić information content (AvgIpc) is 2.40. The molecule has 98 valence electrons. The van der Waals surface area contributed by atoms with Crippen molar-refractivity contribution in [2.24, 2.45) is 0 Å². The zero-order valence-electron chi connectivity index (χ0n) is 9.38. The summed E-state index contributed by atoms with van der Waals surface area (Å²) >= 11 is 15.2. The highest BCUT2D eigenvalue weighted by molar-refractivity contribution is 9.10. The van der Waals surface area contributed by atoms with Gasteiger partial charge in [0.1, 0.15) is 5.82 Å². The molecule has 0 heterocycles. The molecule has 0 aromatic heterocycles. The van der Waals surface area contributed by atoms with Crippen LogP contribution < -0.4 is 5.32 Å². The van der Waals surface area contributed by atoms with Gasteiger partial charge in [0.25, 0.3) is 5.91 Å². The van der Waals surface area contributed by atoms with Gasteiger partial charge in [0.15, 0.2) is 0 Å². The number of carbonyl (C=O) groups is 1. The minimum absolute atomic E-state index is 0.0578. The van der Waals surface area contributed by atoms with E-state index in [0.29, 0.717) is 10.2 Å². The molecule has 0 aliphatic rings. The molecule has 0 aliphatic carbocycles. The molecule has 0 unspecified atom stereocenters. The van der Waals surface area contributed by atoms with E-state index in [1.807, 2.05) is 0 Å². The molecule has 2 aromatic carbocycles. The van der Waals surface area contributed by atoms with Crippen LogP contribution >= 0.6 is 39.1 Å². The molecule has 6 heteroatoms. The van der Waals surface area contributed by atoms with Crippen LogP contribution in [0.3, 0.4) is 0 Å². The van der Waals surface area contributed by atoms with Crippen LogP contribution in [0.5, 0.6) is 0 Å². The van der Waals surface area contributed by atoms with Gasteiger partial charge >= 0.3 is 0 Å². The third-order valence-electron chi connectivity index (χ3n) is 2.40. The molecule has 2 nitrogen and oxygen atoms in total. The van der Waals surface area contributed by atoms with E-state index in [1.54, 1.807) is 18.2 Å². The SMILES string of the molecule is O=C(Nc1ccc(Br)c(Cl)c1Cl)c1ccccc1F. The first-order chi connectivity index (χ1) is 9.00. The van der Waals surface area contributed by atoms with Crippen molar-refractivity contribution in [1.29, 1.82) is 0 Å². The maximum atomic E-state index is 13.5. The molecular formula is C13H7BrCl2FNO. The predicted octanol–water partition coefficient (Wildman–Crippen LogP) is 5.15. The van der Waals surface area contributed by atoms with Crippen LogP contribution in [0.4, 0.5) is 10.1 Å². The average molecular weight is 363 g/mol. The lowest BCUT2D eigenvalue weighted by Gasteiger charge is -2.09. The largest absolute Gasteiger partial charge is 0.320 e. The molecule has 0 atom stereocenters. The van der Waals surface area contributed by atoms with Gasteiger partial charge in [-0.1, -0.05) is 35.3 Å². The minimum Gasteiger partial charge on any atom is -0.320 e. The zero-order valence-corrected chi connectivity index (χ0v) is 12.5. The number of rotatable bonds is 2. The van der Waals surface area contributed by atoms with Crippen molar-refractivity contribution in [3.63, 3.8) is 0 Å². The van der Waals surface area contributed by atoms with E-state index >= 15 is 0 Å². The van der Waals surface area contributed by atoms with Gasteiger partial charge in [0.2, 0.25) is 0 Å². The topological polar surface area (TPSA) is 29.1 Å². The number of amides is 1. The molecule has 1 amide bonds. The van der Waals surface area contributed by atoms with E-state index in [2.05, 4.69) is 21.2 Å². The quantitative estimate of drug-likeness (QED) is 0.735. The first kappa shape index (κ1) is 14.3. The fourth-order valence-corrected chi connectivity index (χ4v) is 2.28. The van der Waals surface area contributed by atoms with Crippen molar-refractivity contribution in [2.75, 3.05) is 5.32 Å². The van der Waals surface area contributed by atoms with Crippen LogP contribution in [0, 0.1) is 5.82 Å². The monoisotopic (exact) mass is 361 g/mol. The Morgan fingerprint density at radius 3 is 2.47 bits per heavy atom. The van der Waals surface area contributed by atoms with Crippen molar-refractivity contribution in [3.05, 3.63) is 62.3 Å². The Labute approximate surface area is 127 Å². The molecule has 0 spiro atoms. The molecule has 0 saturated heterocycles. The summed E-state index contributed by atoms with van der Waals surface area (Å²) in [5, 5.41) is 3.00. The van der Waals surface area contributed by atoms with Crippen molar-refractivity contribution < 1.29 is 9.18 Å². The summed E-state index contributed by atoms with van der Waals surface area (Å²) in [6.45, 7) is 0. The molecule has 0 radical (unpaired) electrons. The smallest absolute Gasteiger partial charge is 0.258 e. The minimum atomic E-state index is -0.598. The number of hydrogen-bond acceptors (Lipinski definition) is 1. The van der Waals surface area contributed by atoms with Crippen LogP contribution in [0.15, 0.2) is 40.9 Å². The molecular weight excluding hydrogens is 356 g/mol. The van der Waals surface area contributed by atoms with E-state index < -0.39 is 11.7 Å². The van der Waals surface area contributed by atoms with Crippen LogP contribution in [-0.2, 0) is 0 Å². The third kappa shape index (κ3) is 3.08. The van der Waals surface area contributed by atoms with Crippen LogP contribution in [-0.4, -0.2) is 5.91 Å². The predicted molar refractivity (Wildman–Crippen MR) is 78.5 cm³/mol. The number of anilines is 1. The highest BCUT2D eigenvalue weighted by atomic mass is 79.9. The molecule has 0 bridgehead atoms. The number of carbonyl (C=O) groups excluding carboxylic acids is 1. The van der Waals surface area contributed by atoms with Gasteiger partial charge in [-0.3, -0.25) is 4.79 Å². The molecule has 19 heavy (non-hydrogen) atoms. The number of nitrogens with one attached hydrogen (secondary N) is 1. The van der Waals surface area contributed by atoms with E-state index in [1.165, 1.54) is 18.2 Å². The van der Waals surface area contributed by atoms with E-state index in [-0.39, 0.29) is 15.6 Å². The summed E-state index contributed by atoms with van der Waals surface area (Å²) in [7, 11) is 0. The summed E-state index contributed by atoms with van der Waals surface area (Å²) in [5.74, 6) is -1.18. The van der Waals surface area contributed by atoms with Gasteiger partial charge in [-0.2, -0.15) is 0 Å². The third-order valence-corrected chi connectivity index (χ3v) is 4.17. The summed E-state index contributed by atoms with van der Waals surface area (Å²) in [6.07, 6.45) is 0. The van der Waals surface area contributed by atoms with Crippen molar-refractivity contribution in [2.45, 2.75) is 0 Å². The Bertz CT molecular complexity index is 649. The maximum absolute atomic E-state index is 13.5. The molecule has 2 rings (SSSR count). The molecule has 0 aliphatic heterocycles. The first-order valence-corrected chi connectivity index (χ1v) is 6.75. The van der Waals surface area contributed by atoms with Gasteiger partial charge in [-0.05, 0) is 40.2 Å². The van der Waals surface area contributed by atoms with Crippen molar-refractivity contribution in [3.8, 4) is 0 Å². The Hall–Kier alpha value is -1.10. The summed E-state index contributed by atoms with van der Waals surface area (Å²) < 4.78 is 14.1. The lowest BCUT2D eigenvalue weighted by molar-refractivity contribution is 0.102. The van der Waals surface area contributed by atoms with Crippen molar-refractivity contribution in [1.82, 2.24) is 0 Å². The second-order valence-electron chi connectivity index (χ2n) is 3.66. The Kier molecular flexibility index (Phi) is 4.45. The standard InChI is InChI=1S/C13H7BrCl2FNO/c14-8-5-6-10(12(16)11(8)15)18-13(19)7-3-1-2-4-9(7)17/h1-6H,(H,18,19). The normalized spacial score (nSPS) is 10.3.